The Morgan fingerprint density at radius 1 is 1.10 bits per heavy atom. The Balaban J connectivity index is 1.26. The predicted octanol–water partition coefficient (Wildman–Crippen LogP) is 2.42. The summed E-state index contributed by atoms with van der Waals surface area (Å²) < 4.78 is 34.3. The number of hydrogen-bond acceptors (Lipinski definition) is 7. The molecule has 4 aliphatic carbocycles. The highest BCUT2D eigenvalue weighted by Crippen LogP contribution is 2.66. The summed E-state index contributed by atoms with van der Waals surface area (Å²) in [4.78, 5) is 44.2. The number of fused-ring (bicyclic) bond motifs is 1. The molecule has 4 bridgehead atoms. The largest absolute Gasteiger partial charge is 0.364 e. The van der Waals surface area contributed by atoms with Gasteiger partial charge in [0.05, 0.1) is 11.4 Å². The predicted molar refractivity (Wildman–Crippen MR) is 145 cm³/mol. The molecule has 2 aromatic rings. The maximum atomic E-state index is 13.6. The topological polar surface area (TPSA) is 152 Å². The molecule has 7 rings (SSSR count). The molecule has 39 heavy (non-hydrogen) atoms. The molecule has 208 valence electrons. The maximum absolute atomic E-state index is 13.6. The van der Waals surface area contributed by atoms with Crippen molar-refractivity contribution in [3.8, 4) is 0 Å². The monoisotopic (exact) mass is 555 g/mol. The van der Waals surface area contributed by atoms with Crippen LogP contribution in [0.4, 0.5) is 11.5 Å². The summed E-state index contributed by atoms with van der Waals surface area (Å²) >= 11 is 0. The van der Waals surface area contributed by atoms with Gasteiger partial charge in [-0.15, -0.1) is 0 Å². The minimum Gasteiger partial charge on any atom is -0.364 e. The molecule has 5 aliphatic rings. The van der Waals surface area contributed by atoms with Gasteiger partial charge in [0.25, 0.3) is 21.6 Å². The minimum absolute atomic E-state index is 0.0122. The SMILES string of the molecule is CCCn1c2c(c(=O)n(CCNC(=O)c3ccc(S(=O)(=O)O)cc3)c1=O)N=C(C13CC4CC(CC1C4)C3)CN2. The molecule has 0 saturated heterocycles. The number of benzene rings is 1. The number of hydrogen-bond donors (Lipinski definition) is 3. The summed E-state index contributed by atoms with van der Waals surface area (Å²) in [6.45, 7) is 2.93. The van der Waals surface area contributed by atoms with Crippen molar-refractivity contribution < 1.29 is 17.8 Å². The molecular formula is C27H33N5O6S. The fourth-order valence-corrected chi connectivity index (χ4v) is 8.13. The fraction of sp³-hybridized carbons (Fsp3) is 0.556. The zero-order chi connectivity index (χ0) is 27.5. The van der Waals surface area contributed by atoms with E-state index in [-0.39, 0.29) is 34.7 Å². The van der Waals surface area contributed by atoms with Crippen LogP contribution in [-0.4, -0.2) is 46.8 Å². The lowest BCUT2D eigenvalue weighted by Crippen LogP contribution is -2.46. The molecule has 4 saturated carbocycles. The highest BCUT2D eigenvalue weighted by molar-refractivity contribution is 7.85. The van der Waals surface area contributed by atoms with E-state index in [1.165, 1.54) is 31.4 Å². The summed E-state index contributed by atoms with van der Waals surface area (Å²) in [5, 5.41) is 6.06. The first-order valence-electron chi connectivity index (χ1n) is 13.7. The average molecular weight is 556 g/mol. The molecule has 2 unspecified atom stereocenters. The van der Waals surface area contributed by atoms with Crippen molar-refractivity contribution in [3.05, 3.63) is 50.7 Å². The second-order valence-corrected chi connectivity index (χ2v) is 12.9. The van der Waals surface area contributed by atoms with Gasteiger partial charge in [0.1, 0.15) is 5.82 Å². The third kappa shape index (κ3) is 4.33. The highest BCUT2D eigenvalue weighted by atomic mass is 32.2. The Kier molecular flexibility index (Phi) is 6.29. The summed E-state index contributed by atoms with van der Waals surface area (Å²) in [6.07, 6.45) is 6.80. The van der Waals surface area contributed by atoms with Crippen LogP contribution < -0.4 is 21.9 Å². The van der Waals surface area contributed by atoms with E-state index in [1.807, 2.05) is 6.92 Å². The maximum Gasteiger partial charge on any atom is 0.332 e. The molecule has 12 heteroatoms. The van der Waals surface area contributed by atoms with Gasteiger partial charge in [-0.05, 0) is 80.5 Å². The molecule has 11 nitrogen and oxygen atoms in total. The van der Waals surface area contributed by atoms with E-state index in [4.69, 9.17) is 9.55 Å². The van der Waals surface area contributed by atoms with Crippen LogP contribution in [0.5, 0.6) is 0 Å². The van der Waals surface area contributed by atoms with Gasteiger partial charge in [-0.1, -0.05) is 6.92 Å². The van der Waals surface area contributed by atoms with Crippen molar-refractivity contribution in [1.29, 1.82) is 0 Å². The smallest absolute Gasteiger partial charge is 0.332 e. The quantitative estimate of drug-likeness (QED) is 0.423. The lowest BCUT2D eigenvalue weighted by Gasteiger charge is -2.36. The van der Waals surface area contributed by atoms with Gasteiger partial charge in [0, 0.05) is 36.3 Å². The molecule has 0 spiro atoms. The second kappa shape index (κ2) is 9.44. The Labute approximate surface area is 226 Å². The second-order valence-electron chi connectivity index (χ2n) is 11.5. The molecule has 1 aromatic carbocycles. The van der Waals surface area contributed by atoms with E-state index < -0.39 is 27.3 Å². The van der Waals surface area contributed by atoms with E-state index in [0.717, 1.165) is 47.1 Å². The van der Waals surface area contributed by atoms with Crippen LogP contribution in [0, 0.1) is 23.2 Å². The van der Waals surface area contributed by atoms with Gasteiger partial charge in [-0.3, -0.25) is 23.3 Å². The third-order valence-corrected chi connectivity index (χ3v) is 9.99. The van der Waals surface area contributed by atoms with E-state index in [0.29, 0.717) is 31.2 Å². The van der Waals surface area contributed by atoms with Crippen LogP contribution >= 0.6 is 0 Å². The first kappa shape index (κ1) is 26.0. The van der Waals surface area contributed by atoms with E-state index in [1.54, 1.807) is 4.57 Å². The first-order chi connectivity index (χ1) is 18.6. The number of amides is 1. The van der Waals surface area contributed by atoms with E-state index >= 15 is 0 Å². The van der Waals surface area contributed by atoms with Crippen molar-refractivity contribution >= 4 is 33.2 Å². The molecule has 0 radical (unpaired) electrons. The number of carbonyl (C=O) groups excluding carboxylic acids is 1. The molecule has 1 amide bonds. The number of anilines is 1. The molecule has 3 N–H and O–H groups in total. The van der Waals surface area contributed by atoms with Crippen molar-refractivity contribution in [3.63, 3.8) is 0 Å². The summed E-state index contributed by atoms with van der Waals surface area (Å²) in [5.74, 6) is 2.12. The van der Waals surface area contributed by atoms with E-state index in [2.05, 4.69) is 10.6 Å². The standard InChI is InChI=1S/C27H33N5O6S/c1-2-8-31-23-22(30-21(15-29-23)27-13-16-10-17(14-27)12-19(27)11-16)25(34)32(26(31)35)9-7-28-24(33)18-3-5-20(6-4-18)39(36,37)38/h3-6,16-17,19,29H,2,7-15H2,1H3,(H,28,33)(H,36,37,38). The Morgan fingerprint density at radius 3 is 2.44 bits per heavy atom. The number of aliphatic imine (C=N–C) groups is 1. The lowest BCUT2D eigenvalue weighted by molar-refractivity contribution is 0.0952. The Hall–Kier alpha value is -3.25. The van der Waals surface area contributed by atoms with Crippen LogP contribution in [-0.2, 0) is 23.2 Å². The third-order valence-electron chi connectivity index (χ3n) is 9.12. The van der Waals surface area contributed by atoms with E-state index in [9.17, 15) is 22.8 Å². The molecule has 2 atom stereocenters. The van der Waals surface area contributed by atoms with Gasteiger partial charge >= 0.3 is 5.69 Å². The summed E-state index contributed by atoms with van der Waals surface area (Å²) in [6, 6.07) is 4.82. The van der Waals surface area contributed by atoms with Crippen LogP contribution in [0.1, 0.15) is 55.8 Å². The van der Waals surface area contributed by atoms with Gasteiger partial charge in [-0.2, -0.15) is 8.42 Å². The molecule has 1 aromatic heterocycles. The molecule has 1 aliphatic heterocycles. The van der Waals surface area contributed by atoms with Gasteiger partial charge in [-0.25, -0.2) is 9.79 Å². The lowest BCUT2D eigenvalue weighted by atomic mass is 9.72. The number of nitrogens with one attached hydrogen (secondary N) is 2. The first-order valence-corrected chi connectivity index (χ1v) is 15.1. The van der Waals surface area contributed by atoms with Crippen LogP contribution in [0.25, 0.3) is 0 Å². The highest BCUT2D eigenvalue weighted by Gasteiger charge is 2.60. The van der Waals surface area contributed by atoms with Crippen LogP contribution in [0.3, 0.4) is 0 Å². The molecular weight excluding hydrogens is 522 g/mol. The van der Waals surface area contributed by atoms with Crippen molar-refractivity contribution in [2.75, 3.05) is 18.4 Å². The normalized spacial score (nSPS) is 26.7. The Bertz CT molecular complexity index is 1580. The number of rotatable bonds is 8. The summed E-state index contributed by atoms with van der Waals surface area (Å²) in [7, 11) is -4.36. The van der Waals surface area contributed by atoms with Gasteiger partial charge in [0.15, 0.2) is 5.69 Å². The zero-order valence-electron chi connectivity index (χ0n) is 21.9. The number of nitrogens with zero attached hydrogens (tertiary/aromatic N) is 3. The van der Waals surface area contributed by atoms with Crippen LogP contribution in [0.2, 0.25) is 0 Å². The zero-order valence-corrected chi connectivity index (χ0v) is 22.7. The van der Waals surface area contributed by atoms with Gasteiger partial charge < -0.3 is 10.6 Å². The average Bonchev–Trinajstić information content (AvgIpc) is 3.31. The van der Waals surface area contributed by atoms with Crippen LogP contribution in [0.15, 0.2) is 43.7 Å². The van der Waals surface area contributed by atoms with Crippen molar-refractivity contribution in [1.82, 2.24) is 14.5 Å². The molecule has 2 heterocycles. The number of carbonyl (C=O) groups is 1. The summed E-state index contributed by atoms with van der Waals surface area (Å²) in [5.41, 5.74) is 0.668. The van der Waals surface area contributed by atoms with Crippen molar-refractivity contribution in [2.24, 2.45) is 28.2 Å². The fourth-order valence-electron chi connectivity index (χ4n) is 7.65. The number of aromatic nitrogens is 2. The Morgan fingerprint density at radius 2 is 1.79 bits per heavy atom. The minimum atomic E-state index is -4.36. The van der Waals surface area contributed by atoms with Crippen molar-refractivity contribution in [2.45, 2.75) is 63.4 Å². The van der Waals surface area contributed by atoms with Gasteiger partial charge in [0.2, 0.25) is 0 Å². The molecule has 4 fully saturated rings.